The normalized spacial score (nSPS) is 13.6. The maximum Gasteiger partial charge on any atom is 0.230 e. The van der Waals surface area contributed by atoms with Crippen LogP contribution in [0.2, 0.25) is 0 Å². The molecule has 6 nitrogen and oxygen atoms in total. The van der Waals surface area contributed by atoms with E-state index in [0.717, 1.165) is 24.4 Å². The highest BCUT2D eigenvalue weighted by Crippen LogP contribution is 2.36. The second kappa shape index (κ2) is 9.01. The van der Waals surface area contributed by atoms with Crippen molar-refractivity contribution in [2.24, 2.45) is 0 Å². The summed E-state index contributed by atoms with van der Waals surface area (Å²) >= 11 is 1.40. The fourth-order valence-electron chi connectivity index (χ4n) is 3.26. The fraction of sp³-hybridized carbons (Fsp3) is 0.333. The van der Waals surface area contributed by atoms with Crippen LogP contribution < -0.4 is 5.32 Å². The molecule has 0 bridgehead atoms. The number of carbonyl (C=O) groups excluding carboxylic acids is 1. The van der Waals surface area contributed by atoms with Gasteiger partial charge in [0.15, 0.2) is 0 Å². The summed E-state index contributed by atoms with van der Waals surface area (Å²) in [6, 6.07) is 21.3. The van der Waals surface area contributed by atoms with Gasteiger partial charge in [0.25, 0.3) is 0 Å². The number of nitrogens with one attached hydrogen (secondary N) is 1. The van der Waals surface area contributed by atoms with Crippen LogP contribution in [0.4, 0.5) is 0 Å². The van der Waals surface area contributed by atoms with E-state index < -0.39 is 0 Å². The van der Waals surface area contributed by atoms with Gasteiger partial charge < -0.3 is 5.32 Å². The lowest BCUT2D eigenvalue weighted by molar-refractivity contribution is -0.118. The van der Waals surface area contributed by atoms with Crippen molar-refractivity contribution in [2.45, 2.75) is 36.4 Å². The number of rotatable bonds is 9. The number of hydrogen-bond donors (Lipinski definition) is 1. The Morgan fingerprint density at radius 1 is 1.07 bits per heavy atom. The van der Waals surface area contributed by atoms with E-state index in [9.17, 15) is 4.79 Å². The summed E-state index contributed by atoms with van der Waals surface area (Å²) in [6.07, 6.45) is 3.08. The maximum absolute atomic E-state index is 12.3. The molecule has 2 aromatic carbocycles. The summed E-state index contributed by atoms with van der Waals surface area (Å²) in [5.41, 5.74) is 2.53. The topological polar surface area (TPSA) is 72.7 Å². The number of hydrogen-bond acceptors (Lipinski definition) is 5. The van der Waals surface area contributed by atoms with Crippen LogP contribution in [0.3, 0.4) is 0 Å². The third kappa shape index (κ3) is 4.78. The molecule has 1 aliphatic rings. The molecule has 3 aromatic rings. The molecular formula is C21H23N5OS. The van der Waals surface area contributed by atoms with E-state index in [4.69, 9.17) is 0 Å². The smallest absolute Gasteiger partial charge is 0.230 e. The van der Waals surface area contributed by atoms with Crippen LogP contribution in [0.5, 0.6) is 0 Å². The standard InChI is InChI=1S/C21H23N5OS/c27-20(15-28-21-23-24-25-26(21)18-11-12-18)22-14-13-19(16-7-3-1-4-8-16)17-9-5-2-6-10-17/h1-10,18-19H,11-15H2,(H,22,27). The number of tetrazole rings is 1. The van der Waals surface area contributed by atoms with E-state index in [1.807, 2.05) is 16.8 Å². The quantitative estimate of drug-likeness (QED) is 0.564. The number of amides is 1. The summed E-state index contributed by atoms with van der Waals surface area (Å²) in [4.78, 5) is 12.3. The third-order valence-electron chi connectivity index (χ3n) is 4.85. The monoisotopic (exact) mass is 393 g/mol. The Balaban J connectivity index is 1.30. The van der Waals surface area contributed by atoms with Gasteiger partial charge in [-0.05, 0) is 40.8 Å². The molecule has 1 aliphatic carbocycles. The molecule has 1 amide bonds. The molecule has 1 fully saturated rings. The van der Waals surface area contributed by atoms with Gasteiger partial charge in [0.05, 0.1) is 11.8 Å². The number of thioether (sulfide) groups is 1. The molecule has 0 saturated heterocycles. The minimum Gasteiger partial charge on any atom is -0.355 e. The molecule has 0 radical (unpaired) electrons. The van der Waals surface area contributed by atoms with Crippen LogP contribution in [0, 0.1) is 0 Å². The Labute approximate surface area is 168 Å². The minimum absolute atomic E-state index is 0.00946. The van der Waals surface area contributed by atoms with Crippen LogP contribution in [-0.4, -0.2) is 38.4 Å². The van der Waals surface area contributed by atoms with Crippen molar-refractivity contribution in [1.82, 2.24) is 25.5 Å². The van der Waals surface area contributed by atoms with Crippen molar-refractivity contribution in [3.05, 3.63) is 71.8 Å². The number of carbonyl (C=O) groups is 1. The van der Waals surface area contributed by atoms with E-state index in [0.29, 0.717) is 18.3 Å². The van der Waals surface area contributed by atoms with Crippen molar-refractivity contribution < 1.29 is 4.79 Å². The molecule has 0 aliphatic heterocycles. The first-order valence-corrected chi connectivity index (χ1v) is 10.6. The molecule has 0 spiro atoms. The second-order valence-corrected chi connectivity index (χ2v) is 7.88. The highest BCUT2D eigenvalue weighted by atomic mass is 32.2. The molecular weight excluding hydrogens is 370 g/mol. The summed E-state index contributed by atoms with van der Waals surface area (Å²) in [5.74, 6) is 0.599. The van der Waals surface area contributed by atoms with Crippen molar-refractivity contribution in [3.8, 4) is 0 Å². The van der Waals surface area contributed by atoms with Crippen LogP contribution >= 0.6 is 11.8 Å². The highest BCUT2D eigenvalue weighted by molar-refractivity contribution is 7.99. The lowest BCUT2D eigenvalue weighted by Gasteiger charge is -2.18. The van der Waals surface area contributed by atoms with Crippen LogP contribution in [0.1, 0.15) is 42.3 Å². The van der Waals surface area contributed by atoms with Gasteiger partial charge >= 0.3 is 0 Å². The average molecular weight is 394 g/mol. The van der Waals surface area contributed by atoms with Crippen molar-refractivity contribution in [2.75, 3.05) is 12.3 Å². The third-order valence-corrected chi connectivity index (χ3v) is 5.78. The second-order valence-electron chi connectivity index (χ2n) is 6.94. The first-order valence-electron chi connectivity index (χ1n) is 9.58. The molecule has 0 atom stereocenters. The minimum atomic E-state index is 0.00946. The summed E-state index contributed by atoms with van der Waals surface area (Å²) in [7, 11) is 0. The van der Waals surface area contributed by atoms with Crippen molar-refractivity contribution in [1.29, 1.82) is 0 Å². The molecule has 4 rings (SSSR count). The highest BCUT2D eigenvalue weighted by Gasteiger charge is 2.28. The molecule has 28 heavy (non-hydrogen) atoms. The molecule has 144 valence electrons. The summed E-state index contributed by atoms with van der Waals surface area (Å²) < 4.78 is 1.83. The predicted octanol–water partition coefficient (Wildman–Crippen LogP) is 3.44. The van der Waals surface area contributed by atoms with Crippen molar-refractivity contribution >= 4 is 17.7 Å². The Morgan fingerprint density at radius 2 is 1.71 bits per heavy atom. The van der Waals surface area contributed by atoms with Crippen LogP contribution in [0.15, 0.2) is 65.8 Å². The zero-order valence-electron chi connectivity index (χ0n) is 15.6. The van der Waals surface area contributed by atoms with E-state index >= 15 is 0 Å². The van der Waals surface area contributed by atoms with E-state index in [2.05, 4.69) is 69.4 Å². The fourth-order valence-corrected chi connectivity index (χ4v) is 4.04. The Morgan fingerprint density at radius 3 is 2.32 bits per heavy atom. The molecule has 1 N–H and O–H groups in total. The average Bonchev–Trinajstić information content (AvgIpc) is 3.48. The first kappa shape index (κ1) is 18.7. The van der Waals surface area contributed by atoms with Crippen LogP contribution in [-0.2, 0) is 4.79 Å². The SMILES string of the molecule is O=C(CSc1nnnn1C1CC1)NCCC(c1ccccc1)c1ccccc1. The Hall–Kier alpha value is -2.67. The van der Waals surface area contributed by atoms with E-state index in [1.54, 1.807) is 0 Å². The predicted molar refractivity (Wildman–Crippen MR) is 109 cm³/mol. The molecule has 1 saturated carbocycles. The van der Waals surface area contributed by atoms with Gasteiger partial charge in [0, 0.05) is 12.5 Å². The van der Waals surface area contributed by atoms with Crippen LogP contribution in [0.25, 0.3) is 0 Å². The van der Waals surface area contributed by atoms with E-state index in [-0.39, 0.29) is 11.8 Å². The Kier molecular flexibility index (Phi) is 6.01. The first-order chi connectivity index (χ1) is 13.8. The molecule has 1 heterocycles. The largest absolute Gasteiger partial charge is 0.355 e. The zero-order chi connectivity index (χ0) is 19.2. The van der Waals surface area contributed by atoms with Gasteiger partial charge in [-0.3, -0.25) is 4.79 Å². The molecule has 1 aromatic heterocycles. The maximum atomic E-state index is 12.3. The molecule has 7 heteroatoms. The Bertz CT molecular complexity index is 856. The van der Waals surface area contributed by atoms with Gasteiger partial charge in [-0.2, -0.15) is 0 Å². The lowest BCUT2D eigenvalue weighted by Crippen LogP contribution is -2.27. The van der Waals surface area contributed by atoms with E-state index in [1.165, 1.54) is 22.9 Å². The van der Waals surface area contributed by atoms with Gasteiger partial charge in [0.1, 0.15) is 0 Å². The number of nitrogens with zero attached hydrogens (tertiary/aromatic N) is 4. The zero-order valence-corrected chi connectivity index (χ0v) is 16.4. The van der Waals surface area contributed by atoms with Gasteiger partial charge in [-0.1, -0.05) is 72.4 Å². The molecule has 0 unspecified atom stereocenters. The number of benzene rings is 2. The number of aromatic nitrogens is 4. The van der Waals surface area contributed by atoms with Gasteiger partial charge in [-0.25, -0.2) is 4.68 Å². The van der Waals surface area contributed by atoms with Gasteiger partial charge in [0.2, 0.25) is 11.1 Å². The van der Waals surface area contributed by atoms with Gasteiger partial charge in [-0.15, -0.1) is 5.10 Å². The summed E-state index contributed by atoms with van der Waals surface area (Å²) in [6.45, 7) is 0.626. The van der Waals surface area contributed by atoms with Crippen molar-refractivity contribution in [3.63, 3.8) is 0 Å². The summed E-state index contributed by atoms with van der Waals surface area (Å²) in [5, 5.41) is 15.5. The lowest BCUT2D eigenvalue weighted by atomic mass is 9.88.